The molecule has 19 heavy (non-hydrogen) atoms. The monoisotopic (exact) mass is 298 g/mol. The quantitative estimate of drug-likeness (QED) is 0.782. The normalized spacial score (nSPS) is 12.4. The lowest BCUT2D eigenvalue weighted by Gasteiger charge is -2.09. The number of anilines is 1. The SMILES string of the molecule is O=S(=O)(CCCCO)Nc1ccc(C(F)(F)F)nc1. The number of nitrogens with zero attached hydrogens (tertiary/aromatic N) is 1. The highest BCUT2D eigenvalue weighted by molar-refractivity contribution is 7.92. The van der Waals surface area contributed by atoms with E-state index in [1.807, 2.05) is 0 Å². The molecule has 5 nitrogen and oxygen atoms in total. The number of aliphatic hydroxyl groups is 1. The maximum absolute atomic E-state index is 12.2. The van der Waals surface area contributed by atoms with Crippen molar-refractivity contribution in [1.82, 2.24) is 4.98 Å². The third-order valence-corrected chi connectivity index (χ3v) is 3.52. The Morgan fingerprint density at radius 2 is 1.95 bits per heavy atom. The summed E-state index contributed by atoms with van der Waals surface area (Å²) in [6.07, 6.45) is -3.14. The van der Waals surface area contributed by atoms with Gasteiger partial charge in [0, 0.05) is 6.61 Å². The summed E-state index contributed by atoms with van der Waals surface area (Å²) in [5.41, 5.74) is -1.12. The fraction of sp³-hybridized carbons (Fsp3) is 0.500. The minimum absolute atomic E-state index is 0.0306. The molecule has 0 aliphatic rings. The Morgan fingerprint density at radius 1 is 1.26 bits per heavy atom. The molecule has 0 saturated heterocycles. The lowest BCUT2D eigenvalue weighted by atomic mass is 10.3. The Kier molecular flexibility index (Phi) is 5.12. The maximum Gasteiger partial charge on any atom is 0.433 e. The zero-order chi connectivity index (χ0) is 14.5. The van der Waals surface area contributed by atoms with E-state index in [-0.39, 0.29) is 24.5 Å². The number of alkyl halides is 3. The summed E-state index contributed by atoms with van der Waals surface area (Å²) in [7, 11) is -3.64. The number of aromatic nitrogens is 1. The van der Waals surface area contributed by atoms with Crippen LogP contribution in [0.4, 0.5) is 18.9 Å². The van der Waals surface area contributed by atoms with E-state index < -0.39 is 21.9 Å². The van der Waals surface area contributed by atoms with Gasteiger partial charge in [-0.2, -0.15) is 13.2 Å². The Balaban J connectivity index is 2.67. The van der Waals surface area contributed by atoms with E-state index in [1.54, 1.807) is 0 Å². The second-order valence-electron chi connectivity index (χ2n) is 3.78. The highest BCUT2D eigenvalue weighted by atomic mass is 32.2. The number of sulfonamides is 1. The van der Waals surface area contributed by atoms with Crippen LogP contribution in [0.5, 0.6) is 0 Å². The Hall–Kier alpha value is -1.35. The van der Waals surface area contributed by atoms with Gasteiger partial charge in [-0.1, -0.05) is 0 Å². The molecule has 0 fully saturated rings. The number of hydrogen-bond donors (Lipinski definition) is 2. The lowest BCUT2D eigenvalue weighted by molar-refractivity contribution is -0.141. The van der Waals surface area contributed by atoms with Crippen molar-refractivity contribution in [2.75, 3.05) is 17.1 Å². The highest BCUT2D eigenvalue weighted by Crippen LogP contribution is 2.27. The van der Waals surface area contributed by atoms with Crippen molar-refractivity contribution in [3.63, 3.8) is 0 Å². The van der Waals surface area contributed by atoms with Crippen LogP contribution in [0.25, 0.3) is 0 Å². The van der Waals surface area contributed by atoms with E-state index >= 15 is 0 Å². The van der Waals surface area contributed by atoms with Crippen LogP contribution in [0.2, 0.25) is 0 Å². The zero-order valence-corrected chi connectivity index (χ0v) is 10.6. The molecule has 0 radical (unpaired) electrons. The first kappa shape index (κ1) is 15.7. The summed E-state index contributed by atoms with van der Waals surface area (Å²) in [6, 6.07) is 1.70. The number of rotatable bonds is 6. The van der Waals surface area contributed by atoms with E-state index in [1.165, 1.54) is 0 Å². The minimum atomic E-state index is -4.56. The molecule has 0 aliphatic carbocycles. The summed E-state index contributed by atoms with van der Waals surface area (Å²) in [5.74, 6) is -0.214. The Morgan fingerprint density at radius 3 is 2.42 bits per heavy atom. The van der Waals surface area contributed by atoms with Crippen molar-refractivity contribution in [3.05, 3.63) is 24.0 Å². The van der Waals surface area contributed by atoms with Crippen molar-refractivity contribution in [2.45, 2.75) is 19.0 Å². The molecule has 0 amide bonds. The summed E-state index contributed by atoms with van der Waals surface area (Å²) >= 11 is 0. The summed E-state index contributed by atoms with van der Waals surface area (Å²) in [5, 5.41) is 8.53. The number of pyridine rings is 1. The highest BCUT2D eigenvalue weighted by Gasteiger charge is 2.32. The maximum atomic E-state index is 12.2. The standard InChI is InChI=1S/C10H13F3N2O3S/c11-10(12,13)9-4-3-8(7-14-9)15-19(17,18)6-2-1-5-16/h3-4,7,15-16H,1-2,5-6H2. The number of unbranched alkanes of at least 4 members (excludes halogenated alkanes) is 1. The van der Waals surface area contributed by atoms with Gasteiger partial charge in [-0.3, -0.25) is 4.72 Å². The van der Waals surface area contributed by atoms with Crippen LogP contribution in [0.15, 0.2) is 18.3 Å². The molecule has 0 bridgehead atoms. The summed E-state index contributed by atoms with van der Waals surface area (Å²) in [4.78, 5) is 3.14. The number of halogens is 3. The zero-order valence-electron chi connectivity index (χ0n) is 9.81. The molecule has 2 N–H and O–H groups in total. The first-order valence-electron chi connectivity index (χ1n) is 5.39. The molecule has 1 aromatic rings. The van der Waals surface area contributed by atoms with Crippen LogP contribution in [-0.2, 0) is 16.2 Å². The van der Waals surface area contributed by atoms with Gasteiger partial charge in [0.1, 0.15) is 5.69 Å². The molecule has 0 aromatic carbocycles. The molecular formula is C10H13F3N2O3S. The number of hydrogen-bond acceptors (Lipinski definition) is 4. The average Bonchev–Trinajstić information content (AvgIpc) is 2.28. The largest absolute Gasteiger partial charge is 0.433 e. The third kappa shape index (κ3) is 5.43. The van der Waals surface area contributed by atoms with E-state index in [4.69, 9.17) is 5.11 Å². The van der Waals surface area contributed by atoms with Crippen LogP contribution >= 0.6 is 0 Å². The first-order valence-corrected chi connectivity index (χ1v) is 7.04. The molecule has 9 heteroatoms. The summed E-state index contributed by atoms with van der Waals surface area (Å²) < 4.78 is 61.9. The topological polar surface area (TPSA) is 79.3 Å². The van der Waals surface area contributed by atoms with Crippen molar-refractivity contribution in [2.24, 2.45) is 0 Å². The molecule has 0 aliphatic heterocycles. The van der Waals surface area contributed by atoms with Crippen molar-refractivity contribution < 1.29 is 26.7 Å². The average molecular weight is 298 g/mol. The van der Waals surface area contributed by atoms with Gasteiger partial charge < -0.3 is 5.11 Å². The molecule has 0 atom stereocenters. The molecule has 0 saturated carbocycles. The fourth-order valence-electron chi connectivity index (χ4n) is 1.26. The predicted molar refractivity (Wildman–Crippen MR) is 63.0 cm³/mol. The van der Waals surface area contributed by atoms with E-state index in [9.17, 15) is 21.6 Å². The molecular weight excluding hydrogens is 285 g/mol. The molecule has 0 spiro atoms. The van der Waals surface area contributed by atoms with Gasteiger partial charge in [-0.25, -0.2) is 13.4 Å². The van der Waals surface area contributed by atoms with Crippen LogP contribution < -0.4 is 4.72 Å². The van der Waals surface area contributed by atoms with Gasteiger partial charge in [-0.15, -0.1) is 0 Å². The van der Waals surface area contributed by atoms with Crippen LogP contribution in [0, 0.1) is 0 Å². The van der Waals surface area contributed by atoms with Gasteiger partial charge in [0.15, 0.2) is 0 Å². The van der Waals surface area contributed by atoms with Crippen molar-refractivity contribution in [1.29, 1.82) is 0 Å². The first-order chi connectivity index (χ1) is 8.74. The van der Waals surface area contributed by atoms with Crippen molar-refractivity contribution >= 4 is 15.7 Å². The van der Waals surface area contributed by atoms with Gasteiger partial charge in [0.25, 0.3) is 0 Å². The van der Waals surface area contributed by atoms with E-state index in [0.717, 1.165) is 12.3 Å². The molecule has 108 valence electrons. The molecule has 0 unspecified atom stereocenters. The van der Waals surface area contributed by atoms with E-state index in [2.05, 4.69) is 9.71 Å². The fourth-order valence-corrected chi connectivity index (χ4v) is 2.42. The second-order valence-corrected chi connectivity index (χ2v) is 5.62. The van der Waals surface area contributed by atoms with Crippen LogP contribution in [0.3, 0.4) is 0 Å². The Labute approximate surface area is 108 Å². The molecule has 1 aromatic heterocycles. The smallest absolute Gasteiger partial charge is 0.396 e. The predicted octanol–water partition coefficient (Wildman–Crippen LogP) is 1.61. The third-order valence-electron chi connectivity index (χ3n) is 2.15. The number of nitrogens with one attached hydrogen (secondary N) is 1. The van der Waals surface area contributed by atoms with Gasteiger partial charge in [0.2, 0.25) is 10.0 Å². The lowest BCUT2D eigenvalue weighted by Crippen LogP contribution is -2.17. The minimum Gasteiger partial charge on any atom is -0.396 e. The summed E-state index contributed by atoms with van der Waals surface area (Å²) in [6.45, 7) is -0.114. The Bertz CT molecular complexity index is 500. The molecule has 1 heterocycles. The number of aliphatic hydroxyl groups excluding tert-OH is 1. The van der Waals surface area contributed by atoms with E-state index in [0.29, 0.717) is 12.5 Å². The van der Waals surface area contributed by atoms with Gasteiger partial charge in [-0.05, 0) is 25.0 Å². The van der Waals surface area contributed by atoms with Crippen molar-refractivity contribution in [3.8, 4) is 0 Å². The van der Waals surface area contributed by atoms with Gasteiger partial charge in [0.05, 0.1) is 17.6 Å². The van der Waals surface area contributed by atoms with Gasteiger partial charge >= 0.3 is 6.18 Å². The molecule has 1 rings (SSSR count). The van der Waals surface area contributed by atoms with Crippen LogP contribution in [0.1, 0.15) is 18.5 Å². The second kappa shape index (κ2) is 6.20. The van der Waals surface area contributed by atoms with Crippen LogP contribution in [-0.4, -0.2) is 30.9 Å².